The van der Waals surface area contributed by atoms with E-state index in [0.717, 1.165) is 0 Å². The van der Waals surface area contributed by atoms with E-state index >= 15 is 0 Å². The van der Waals surface area contributed by atoms with Crippen LogP contribution in [-0.2, 0) is 10.0 Å². The Morgan fingerprint density at radius 2 is 1.91 bits per heavy atom. The van der Waals surface area contributed by atoms with Crippen molar-refractivity contribution in [3.05, 3.63) is 0 Å². The molecule has 0 aromatic heterocycles. The highest BCUT2D eigenvalue weighted by atomic mass is 35.5. The van der Waals surface area contributed by atoms with Gasteiger partial charge in [0.05, 0.1) is 0 Å². The van der Waals surface area contributed by atoms with Gasteiger partial charge in [0.2, 0.25) is 10.0 Å². The van der Waals surface area contributed by atoms with Gasteiger partial charge in [0.1, 0.15) is 5.21 Å². The van der Waals surface area contributed by atoms with E-state index in [9.17, 15) is 8.42 Å². The lowest BCUT2D eigenvalue weighted by atomic mass is 9.87. The molecule has 0 unspecified atom stereocenters. The van der Waals surface area contributed by atoms with E-state index in [2.05, 4.69) is 0 Å². The standard InChI is InChI=1S/C6H12ClNO2S/c1-6(2)3-8(4-6)11(9,10)5-7/h3-5H2,1-2H3. The molecule has 66 valence electrons. The van der Waals surface area contributed by atoms with Crippen molar-refractivity contribution < 1.29 is 8.42 Å². The maximum atomic E-state index is 11.1. The van der Waals surface area contributed by atoms with Gasteiger partial charge in [0.25, 0.3) is 0 Å². The van der Waals surface area contributed by atoms with Crippen LogP contribution in [0.3, 0.4) is 0 Å². The average molecular weight is 198 g/mol. The molecule has 0 radical (unpaired) electrons. The van der Waals surface area contributed by atoms with Crippen LogP contribution >= 0.6 is 11.6 Å². The quantitative estimate of drug-likeness (QED) is 0.616. The van der Waals surface area contributed by atoms with Crippen LogP contribution in [0.25, 0.3) is 0 Å². The van der Waals surface area contributed by atoms with E-state index in [1.54, 1.807) is 0 Å². The Hall–Kier alpha value is 0.200. The molecule has 0 aromatic carbocycles. The highest BCUT2D eigenvalue weighted by Gasteiger charge is 2.40. The molecular weight excluding hydrogens is 186 g/mol. The summed E-state index contributed by atoms with van der Waals surface area (Å²) in [6, 6.07) is 0. The Kier molecular flexibility index (Phi) is 2.20. The molecule has 0 bridgehead atoms. The van der Waals surface area contributed by atoms with E-state index in [1.807, 2.05) is 13.8 Å². The maximum Gasteiger partial charge on any atom is 0.228 e. The van der Waals surface area contributed by atoms with Crippen molar-refractivity contribution in [3.8, 4) is 0 Å². The summed E-state index contributed by atoms with van der Waals surface area (Å²) in [5.74, 6) is 0. The van der Waals surface area contributed by atoms with Gasteiger partial charge < -0.3 is 0 Å². The minimum Gasteiger partial charge on any atom is -0.211 e. The van der Waals surface area contributed by atoms with Crippen LogP contribution in [-0.4, -0.2) is 31.0 Å². The van der Waals surface area contributed by atoms with E-state index in [1.165, 1.54) is 4.31 Å². The number of alkyl halides is 1. The Balaban J connectivity index is 2.58. The van der Waals surface area contributed by atoms with Crippen molar-refractivity contribution in [2.45, 2.75) is 13.8 Å². The fourth-order valence-electron chi connectivity index (χ4n) is 1.17. The summed E-state index contributed by atoms with van der Waals surface area (Å²) in [6.07, 6.45) is 0. The number of nitrogens with zero attached hydrogens (tertiary/aromatic N) is 1. The molecule has 0 amide bonds. The van der Waals surface area contributed by atoms with Gasteiger partial charge in [-0.05, 0) is 5.41 Å². The van der Waals surface area contributed by atoms with Crippen molar-refractivity contribution in [2.75, 3.05) is 18.3 Å². The number of hydrogen-bond acceptors (Lipinski definition) is 2. The van der Waals surface area contributed by atoms with Gasteiger partial charge in [-0.2, -0.15) is 4.31 Å². The molecule has 0 N–H and O–H groups in total. The zero-order chi connectivity index (χ0) is 8.70. The molecular formula is C6H12ClNO2S. The van der Waals surface area contributed by atoms with Crippen LogP contribution < -0.4 is 0 Å². The average Bonchev–Trinajstić information content (AvgIpc) is 1.83. The fourth-order valence-corrected chi connectivity index (χ4v) is 2.82. The second-order valence-corrected chi connectivity index (χ2v) is 6.21. The minimum atomic E-state index is -3.13. The zero-order valence-electron chi connectivity index (χ0n) is 6.67. The molecule has 1 aliphatic heterocycles. The molecule has 1 rings (SSSR count). The fraction of sp³-hybridized carbons (Fsp3) is 1.00. The largest absolute Gasteiger partial charge is 0.228 e. The Bertz CT molecular complexity index is 239. The van der Waals surface area contributed by atoms with Crippen molar-refractivity contribution in [1.29, 1.82) is 0 Å². The maximum absolute atomic E-state index is 11.1. The highest BCUT2D eigenvalue weighted by molar-refractivity contribution is 7.90. The first-order valence-corrected chi connectivity index (χ1v) is 5.56. The third-order valence-corrected chi connectivity index (χ3v) is 3.89. The third-order valence-electron chi connectivity index (χ3n) is 1.74. The summed E-state index contributed by atoms with van der Waals surface area (Å²) in [4.78, 5) is 0. The van der Waals surface area contributed by atoms with Gasteiger partial charge in [0.15, 0.2) is 0 Å². The summed E-state index contributed by atoms with van der Waals surface area (Å²) in [5, 5.41) is -0.302. The normalized spacial score (nSPS) is 24.6. The summed E-state index contributed by atoms with van der Waals surface area (Å²) in [5.41, 5.74) is 0.138. The summed E-state index contributed by atoms with van der Waals surface area (Å²) in [6.45, 7) is 5.27. The van der Waals surface area contributed by atoms with Crippen LogP contribution in [0.15, 0.2) is 0 Å². The minimum absolute atomic E-state index is 0.138. The second kappa shape index (κ2) is 2.61. The third kappa shape index (κ3) is 1.86. The van der Waals surface area contributed by atoms with E-state index in [-0.39, 0.29) is 10.6 Å². The lowest BCUT2D eigenvalue weighted by molar-refractivity contribution is 0.112. The predicted molar refractivity (Wildman–Crippen MR) is 45.0 cm³/mol. The molecule has 1 heterocycles. The van der Waals surface area contributed by atoms with Crippen molar-refractivity contribution >= 4 is 21.6 Å². The monoisotopic (exact) mass is 197 g/mol. The Labute approximate surface area is 72.4 Å². The SMILES string of the molecule is CC1(C)CN(S(=O)(=O)CCl)C1. The molecule has 0 aromatic rings. The molecule has 0 spiro atoms. The van der Waals surface area contributed by atoms with Gasteiger partial charge in [-0.15, -0.1) is 11.6 Å². The lowest BCUT2D eigenvalue weighted by Crippen LogP contribution is -2.55. The van der Waals surface area contributed by atoms with Gasteiger partial charge in [-0.25, -0.2) is 8.42 Å². The first-order valence-electron chi connectivity index (χ1n) is 3.41. The van der Waals surface area contributed by atoms with Crippen LogP contribution in [0, 0.1) is 5.41 Å². The number of sulfonamides is 1. The number of halogens is 1. The van der Waals surface area contributed by atoms with Crippen LogP contribution in [0.4, 0.5) is 0 Å². The summed E-state index contributed by atoms with van der Waals surface area (Å²) < 4.78 is 23.5. The van der Waals surface area contributed by atoms with E-state index in [0.29, 0.717) is 13.1 Å². The molecule has 5 heteroatoms. The summed E-state index contributed by atoms with van der Waals surface area (Å²) in [7, 11) is -3.13. The van der Waals surface area contributed by atoms with Gasteiger partial charge in [-0.3, -0.25) is 0 Å². The Morgan fingerprint density at radius 3 is 2.18 bits per heavy atom. The molecule has 1 fully saturated rings. The van der Waals surface area contributed by atoms with Gasteiger partial charge >= 0.3 is 0 Å². The van der Waals surface area contributed by atoms with E-state index in [4.69, 9.17) is 11.6 Å². The first kappa shape index (κ1) is 9.29. The summed E-state index contributed by atoms with van der Waals surface area (Å²) >= 11 is 5.26. The van der Waals surface area contributed by atoms with Gasteiger partial charge in [0, 0.05) is 13.1 Å². The van der Waals surface area contributed by atoms with Crippen LogP contribution in [0.1, 0.15) is 13.8 Å². The Morgan fingerprint density at radius 1 is 1.45 bits per heavy atom. The second-order valence-electron chi connectivity index (χ2n) is 3.65. The smallest absolute Gasteiger partial charge is 0.211 e. The van der Waals surface area contributed by atoms with Crippen molar-refractivity contribution in [1.82, 2.24) is 4.31 Å². The molecule has 11 heavy (non-hydrogen) atoms. The van der Waals surface area contributed by atoms with Crippen LogP contribution in [0.2, 0.25) is 0 Å². The topological polar surface area (TPSA) is 37.4 Å². The molecule has 3 nitrogen and oxygen atoms in total. The molecule has 1 aliphatic rings. The highest BCUT2D eigenvalue weighted by Crippen LogP contribution is 2.31. The number of rotatable bonds is 2. The first-order chi connectivity index (χ1) is 4.87. The van der Waals surface area contributed by atoms with Crippen molar-refractivity contribution in [3.63, 3.8) is 0 Å². The van der Waals surface area contributed by atoms with Crippen LogP contribution in [0.5, 0.6) is 0 Å². The van der Waals surface area contributed by atoms with E-state index < -0.39 is 10.0 Å². The lowest BCUT2D eigenvalue weighted by Gasteiger charge is -2.44. The predicted octanol–water partition coefficient (Wildman–Crippen LogP) is 0.854. The van der Waals surface area contributed by atoms with Crippen molar-refractivity contribution in [2.24, 2.45) is 5.41 Å². The van der Waals surface area contributed by atoms with Gasteiger partial charge in [-0.1, -0.05) is 13.8 Å². The molecule has 0 saturated carbocycles. The molecule has 1 saturated heterocycles. The molecule has 0 atom stereocenters. The zero-order valence-corrected chi connectivity index (χ0v) is 8.24. The molecule has 0 aliphatic carbocycles. The number of hydrogen-bond donors (Lipinski definition) is 0.